The molecule has 0 spiro atoms. The van der Waals surface area contributed by atoms with E-state index in [4.69, 9.17) is 96.9 Å². The lowest BCUT2D eigenvalue weighted by molar-refractivity contribution is -0.120. The van der Waals surface area contributed by atoms with Crippen molar-refractivity contribution in [1.29, 1.82) is 15.8 Å². The highest BCUT2D eigenvalue weighted by Crippen LogP contribution is 2.40. The van der Waals surface area contributed by atoms with Gasteiger partial charge in [0.15, 0.2) is 63.3 Å². The van der Waals surface area contributed by atoms with E-state index in [1.165, 1.54) is 0 Å². The van der Waals surface area contributed by atoms with Crippen LogP contribution in [0.4, 0.5) is 85.4 Å². The molecular formula is C92H89Cl4F5N28O7. The van der Waals surface area contributed by atoms with Gasteiger partial charge in [-0.3, -0.25) is 53.5 Å². The average molecular weight is 1940 g/mol. The summed E-state index contributed by atoms with van der Waals surface area (Å²) in [6.07, 6.45) is 15.3. The number of nitrogen functional groups attached to an aromatic ring is 1. The Kier molecular flexibility index (Phi) is 35.0. The quantitative estimate of drug-likeness (QED) is 0.0177. The zero-order valence-electron chi connectivity index (χ0n) is 70.9. The highest BCUT2D eigenvalue weighted by molar-refractivity contribution is 6.33. The Morgan fingerprint density at radius 3 is 0.934 bits per heavy atom. The summed E-state index contributed by atoms with van der Waals surface area (Å²) in [6, 6.07) is 45.0. The minimum absolute atomic E-state index is 0. The molecule has 0 bridgehead atoms. The number of hydrogen-bond donors (Lipinski definition) is 16. The van der Waals surface area contributed by atoms with Crippen molar-refractivity contribution in [3.8, 4) is 18.2 Å². The van der Waals surface area contributed by atoms with Gasteiger partial charge in [-0.05, 0) is 173 Å². The number of aromatic nitrogens is 9. The molecule has 0 radical (unpaired) electrons. The molecule has 5 atom stereocenters. The maximum Gasteiger partial charge on any atom is 0.252 e. The third kappa shape index (κ3) is 27.9. The van der Waals surface area contributed by atoms with Gasteiger partial charge in [0.2, 0.25) is 29.5 Å². The number of nitrogens with zero attached hydrogens (tertiary/aromatic N) is 12. The summed E-state index contributed by atoms with van der Waals surface area (Å²) >= 11 is 16.4. The Labute approximate surface area is 794 Å². The van der Waals surface area contributed by atoms with Crippen LogP contribution in [0.1, 0.15) is 109 Å². The van der Waals surface area contributed by atoms with Gasteiger partial charge < -0.3 is 88.8 Å². The zero-order valence-corrected chi connectivity index (χ0v) is 74.0. The van der Waals surface area contributed by atoms with Gasteiger partial charge in [-0.25, -0.2) is 46.9 Å². The van der Waals surface area contributed by atoms with Crippen LogP contribution < -0.4 is 88.8 Å². The molecule has 5 saturated carbocycles. The molecule has 13 aromatic rings. The van der Waals surface area contributed by atoms with Gasteiger partial charge in [-0.2, -0.15) is 15.8 Å². The second-order valence-corrected chi connectivity index (χ2v) is 32.3. The van der Waals surface area contributed by atoms with Gasteiger partial charge >= 0.3 is 0 Å². The van der Waals surface area contributed by atoms with Gasteiger partial charge in [-0.1, -0.05) is 115 Å². The third-order valence-electron chi connectivity index (χ3n) is 21.0. The molecular weight excluding hydrogens is 1850 g/mol. The first-order valence-electron chi connectivity index (χ1n) is 41.2. The highest BCUT2D eigenvalue weighted by Gasteiger charge is 2.40. The SMILES string of the molecule is C.Cl.N#Cc1cc(F)c(Cl)nc1Cl.N#Cc1cc(F)c(N[C@@H](C(N)=O)C2CC2)nc1Cl.N#Cc1cc(F)c(N[C@@H](C(N)=O)C2CC2)nc1Nc1cnc2ccccc2c1.NC(=O)[C@H](N)C1CC1.NC(=O)c1cc(F)c(N[C@@H](C(N)=O)C2CC2)nc1Nc1cnc2ccccc2c1.NC(=O)c1cc(F)c(N[C@@H](C(N)=O)C2CC2)nc1Nc1cnc2ccccc2c1.Nc1cnc2ccccc2c1. The number of para-hydroxylation sites is 4. The van der Waals surface area contributed by atoms with E-state index >= 15 is 0 Å². The van der Waals surface area contributed by atoms with Gasteiger partial charge in [0.05, 0.1) is 103 Å². The van der Waals surface area contributed by atoms with Crippen molar-refractivity contribution < 1.29 is 55.5 Å². The van der Waals surface area contributed by atoms with Crippen molar-refractivity contribution in [3.05, 3.63) is 249 Å². The lowest BCUT2D eigenvalue weighted by atomic mass is 10.1. The van der Waals surface area contributed by atoms with Crippen LogP contribution in [0.15, 0.2) is 176 Å². The van der Waals surface area contributed by atoms with Gasteiger partial charge in [0.1, 0.15) is 64.3 Å². The van der Waals surface area contributed by atoms with E-state index in [2.05, 4.69) is 82.1 Å². The first kappa shape index (κ1) is 102. The lowest BCUT2D eigenvalue weighted by Crippen LogP contribution is -2.37. The summed E-state index contributed by atoms with van der Waals surface area (Å²) in [5.41, 5.74) is 53.6. The number of anilines is 11. The second kappa shape index (κ2) is 46.5. The van der Waals surface area contributed by atoms with Crippen LogP contribution in [-0.2, 0) is 24.0 Å². The van der Waals surface area contributed by atoms with Crippen LogP contribution in [0, 0.1) is 92.7 Å². The molecule has 5 fully saturated rings. The summed E-state index contributed by atoms with van der Waals surface area (Å²) in [6.45, 7) is 0. The Morgan fingerprint density at radius 2 is 0.625 bits per heavy atom. The molecule has 0 saturated heterocycles. The maximum atomic E-state index is 14.5. The van der Waals surface area contributed by atoms with Crippen molar-refractivity contribution in [3.63, 3.8) is 0 Å². The number of fused-ring (bicyclic) bond motifs is 4. The minimum Gasteiger partial charge on any atom is -0.397 e. The number of hydrogen-bond acceptors (Lipinski definition) is 28. The molecule has 7 amide bonds. The van der Waals surface area contributed by atoms with E-state index in [1.54, 1.807) is 36.9 Å². The fourth-order valence-corrected chi connectivity index (χ4v) is 13.8. The molecule has 9 heterocycles. The monoisotopic (exact) mass is 1930 g/mol. The van der Waals surface area contributed by atoms with E-state index in [-0.39, 0.29) is 139 Å². The fourth-order valence-electron chi connectivity index (χ4n) is 13.3. The molecule has 0 aliphatic heterocycles. The number of nitrogens with one attached hydrogen (secondary N) is 7. The van der Waals surface area contributed by atoms with Crippen LogP contribution in [0.3, 0.4) is 0 Å². The Bertz CT molecular complexity index is 6630. The molecule has 4 aromatic carbocycles. The number of benzene rings is 4. The summed E-state index contributed by atoms with van der Waals surface area (Å²) in [4.78, 5) is 117. The number of nitrogens with two attached hydrogens (primary N) is 9. The van der Waals surface area contributed by atoms with E-state index in [0.29, 0.717) is 28.7 Å². The molecule has 9 aromatic heterocycles. The fraction of sp³-hybridized carbons (Fsp3) is 0.228. The summed E-state index contributed by atoms with van der Waals surface area (Å²) in [7, 11) is 0. The number of carbonyl (C=O) groups is 7. The summed E-state index contributed by atoms with van der Waals surface area (Å²) < 4.78 is 69.6. The lowest BCUT2D eigenvalue weighted by Gasteiger charge is -2.18. The van der Waals surface area contributed by atoms with E-state index < -0.39 is 88.7 Å². The molecule has 44 heteroatoms. The molecule has 18 rings (SSSR count). The third-order valence-corrected chi connectivity index (χ3v) is 21.9. The maximum absolute atomic E-state index is 14.5. The zero-order chi connectivity index (χ0) is 96.3. The predicted molar refractivity (Wildman–Crippen MR) is 510 cm³/mol. The number of carbonyl (C=O) groups excluding carboxylic acids is 7. The smallest absolute Gasteiger partial charge is 0.252 e. The van der Waals surface area contributed by atoms with Crippen LogP contribution in [0.5, 0.6) is 0 Å². The standard InChI is InChI=1S/2C20H19FN6O2.C20H17FN6O.C11H10ClFN4O.C9H8N2.C6HCl2FN2.C5H10N2O.CH4.ClH/c2*21-14-8-13(17(22)28)19(27-20(14)26-16(18(23)29)10-5-6-10)25-12-7-11-3-1-2-4-15(11)24-9-12;21-15-8-13(9-22)19(27-20(15)26-17(18(23)28)11-5-6-11)25-14-7-12-3-1-2-4-16(12)24-10-14;12-9-6(4-14)3-7(13)11(17-9)16-8(10(15)18)5-1-2-5;10-8-5-7-3-1-2-4-9(7)11-6-8;7-5-3(2-10)1-4(9)6(8)11-5;6-4(5(7)8)3-1-2-3;;/h2*1-4,7-10,16H,5-6H2,(H2,22,28)(H2,23,29)(H2,25,26,27);1-4,7-8,10-11,17H,5-6H2,(H2,23,28)(H2,25,26,27);3,5,8H,1-2H2,(H2,15,18)(H,16,17);1-6H,10H2;1H;3-4H,1-2,6H2,(H2,7,8);1H4;1H/t2*16-;17-;8-;;;4-;;/m1111..1../s1. The normalized spacial score (nSPS) is 14.1. The number of rotatable bonds is 26. The van der Waals surface area contributed by atoms with Gasteiger partial charge in [-0.15, -0.1) is 12.4 Å². The first-order valence-corrected chi connectivity index (χ1v) is 42.3. The molecule has 5 aliphatic rings. The molecule has 25 N–H and O–H groups in total. The largest absolute Gasteiger partial charge is 0.397 e. The van der Waals surface area contributed by atoms with Gasteiger partial charge in [0.25, 0.3) is 11.8 Å². The van der Waals surface area contributed by atoms with Crippen LogP contribution >= 0.6 is 47.2 Å². The molecule has 702 valence electrons. The molecule has 35 nitrogen and oxygen atoms in total. The van der Waals surface area contributed by atoms with Crippen molar-refractivity contribution in [2.75, 3.05) is 43.0 Å². The number of nitriles is 3. The first-order chi connectivity index (χ1) is 64.1. The van der Waals surface area contributed by atoms with E-state index in [9.17, 15) is 60.8 Å². The summed E-state index contributed by atoms with van der Waals surface area (Å²) in [5, 5.41) is 49.5. The van der Waals surface area contributed by atoms with Crippen molar-refractivity contribution in [2.45, 2.75) is 102 Å². The second-order valence-electron chi connectivity index (χ2n) is 31.3. The number of pyridine rings is 9. The Morgan fingerprint density at radius 1 is 0.346 bits per heavy atom. The highest BCUT2D eigenvalue weighted by atomic mass is 35.5. The number of halogens is 9. The van der Waals surface area contributed by atoms with E-state index in [0.717, 1.165) is 138 Å². The number of amides is 7. The Balaban J connectivity index is 0.000000170. The topological polar surface area (TPSA) is 625 Å². The Hall–Kier alpha value is -15.8. The van der Waals surface area contributed by atoms with Crippen LogP contribution in [-0.4, -0.2) is 116 Å². The van der Waals surface area contributed by atoms with Crippen molar-refractivity contribution >= 4 is 196 Å². The van der Waals surface area contributed by atoms with Crippen molar-refractivity contribution in [2.24, 2.45) is 75.5 Å². The average Bonchev–Trinajstić information content (AvgIpc) is 1.80. The molecule has 136 heavy (non-hydrogen) atoms. The van der Waals surface area contributed by atoms with Gasteiger partial charge in [0, 0.05) is 21.5 Å². The minimum atomic E-state index is -0.840. The van der Waals surface area contributed by atoms with E-state index in [1.807, 2.05) is 127 Å². The predicted octanol–water partition coefficient (Wildman–Crippen LogP) is 13.5. The number of primary amides is 7. The van der Waals surface area contributed by atoms with Crippen LogP contribution in [0.2, 0.25) is 15.5 Å². The van der Waals surface area contributed by atoms with Crippen LogP contribution in [0.25, 0.3) is 43.6 Å². The van der Waals surface area contributed by atoms with Crippen molar-refractivity contribution in [1.82, 2.24) is 44.9 Å². The molecule has 0 unspecified atom stereocenters. The summed E-state index contributed by atoms with van der Waals surface area (Å²) in [5.74, 6) is -7.79. The molecule has 5 aliphatic carbocycles.